The van der Waals surface area contributed by atoms with Crippen LogP contribution in [0.3, 0.4) is 0 Å². The third-order valence-electron chi connectivity index (χ3n) is 9.39. The Hall–Kier alpha value is -5.38. The van der Waals surface area contributed by atoms with Gasteiger partial charge in [0.1, 0.15) is 35.1 Å². The number of halogens is 1. The summed E-state index contributed by atoms with van der Waals surface area (Å²) in [5, 5.41) is 2.89. The first-order valence-electron chi connectivity index (χ1n) is 15.4. The minimum atomic E-state index is -2.48. The Kier molecular flexibility index (Phi) is 7.58. The molecule has 10 heteroatoms. The van der Waals surface area contributed by atoms with E-state index in [1.54, 1.807) is 62.8 Å². The van der Waals surface area contributed by atoms with Crippen molar-refractivity contribution in [3.05, 3.63) is 119 Å². The lowest BCUT2D eigenvalue weighted by atomic mass is 9.75. The fourth-order valence-electron chi connectivity index (χ4n) is 6.79. The van der Waals surface area contributed by atoms with Crippen molar-refractivity contribution >= 4 is 17.9 Å². The minimum Gasteiger partial charge on any atom is -0.497 e. The number of nitrogens with zero attached hydrogens (tertiary/aromatic N) is 1. The topological polar surface area (TPSA) is 103 Å². The van der Waals surface area contributed by atoms with Gasteiger partial charge in [0.15, 0.2) is 0 Å². The molecule has 3 aliphatic rings. The molecule has 2 aliphatic heterocycles. The van der Waals surface area contributed by atoms with Gasteiger partial charge in [-0.25, -0.2) is 14.0 Å². The van der Waals surface area contributed by atoms with Gasteiger partial charge in [-0.15, -0.1) is 0 Å². The van der Waals surface area contributed by atoms with E-state index in [1.165, 1.54) is 0 Å². The summed E-state index contributed by atoms with van der Waals surface area (Å²) >= 11 is 0. The molecule has 0 aromatic heterocycles. The third-order valence-corrected chi connectivity index (χ3v) is 9.39. The van der Waals surface area contributed by atoms with Crippen molar-refractivity contribution < 1.29 is 37.7 Å². The van der Waals surface area contributed by atoms with Crippen LogP contribution in [-0.4, -0.2) is 48.2 Å². The second-order valence-corrected chi connectivity index (χ2v) is 12.1. The van der Waals surface area contributed by atoms with Gasteiger partial charge < -0.3 is 24.3 Å². The largest absolute Gasteiger partial charge is 0.497 e. The Morgan fingerprint density at radius 1 is 0.851 bits per heavy atom. The first-order valence-corrected chi connectivity index (χ1v) is 15.4. The highest BCUT2D eigenvalue weighted by atomic mass is 19.1. The molecule has 2 heterocycles. The normalized spacial score (nSPS) is 22.9. The van der Waals surface area contributed by atoms with Crippen LogP contribution in [0.2, 0.25) is 0 Å². The zero-order chi connectivity index (χ0) is 32.8. The third kappa shape index (κ3) is 5.33. The molecule has 0 unspecified atom stereocenters. The zero-order valence-corrected chi connectivity index (χ0v) is 25.9. The van der Waals surface area contributed by atoms with Gasteiger partial charge in [0.2, 0.25) is 5.67 Å². The summed E-state index contributed by atoms with van der Waals surface area (Å²) in [6.07, 6.45) is -0.264. The van der Waals surface area contributed by atoms with E-state index >= 15 is 4.39 Å². The summed E-state index contributed by atoms with van der Waals surface area (Å²) < 4.78 is 38.7. The second-order valence-electron chi connectivity index (χ2n) is 12.1. The maximum Gasteiger partial charge on any atom is 0.344 e. The highest BCUT2D eigenvalue weighted by Gasteiger charge is 2.75. The summed E-state index contributed by atoms with van der Waals surface area (Å²) in [5.41, 5.74) is -1.27. The van der Waals surface area contributed by atoms with Crippen LogP contribution in [0.4, 0.5) is 9.18 Å². The first-order chi connectivity index (χ1) is 22.8. The van der Waals surface area contributed by atoms with Gasteiger partial charge in [0, 0.05) is 29.4 Å². The minimum absolute atomic E-state index is 0.0101. The second kappa shape index (κ2) is 11.8. The number of esters is 1. The number of alkyl halides is 1. The van der Waals surface area contributed by atoms with Crippen LogP contribution in [-0.2, 0) is 27.5 Å². The predicted octanol–water partition coefficient (Wildman–Crippen LogP) is 6.29. The van der Waals surface area contributed by atoms with E-state index in [0.29, 0.717) is 34.1 Å². The summed E-state index contributed by atoms with van der Waals surface area (Å²) in [6.45, 7) is -0.190. The highest BCUT2D eigenvalue weighted by Crippen LogP contribution is 2.59. The molecule has 0 spiro atoms. The summed E-state index contributed by atoms with van der Waals surface area (Å²) in [4.78, 5) is 42.6. The molecule has 47 heavy (non-hydrogen) atoms. The zero-order valence-electron chi connectivity index (χ0n) is 25.9. The molecule has 240 valence electrons. The number of fused-ring (bicyclic) bond motifs is 2. The monoisotopic (exact) mass is 636 g/mol. The number of ether oxygens (including phenoxy) is 4. The molecule has 4 aromatic carbocycles. The SMILES string of the molecule is COc1ccc(COC(=O)[C@@]2(F)C[C@@H]2[C@]2(CC3c4ccccc4Oc4ccccc43)NC(=O)N(Cc3ccc(OC)cc3)C2=O)cc1. The first kappa shape index (κ1) is 30.3. The number of urea groups is 1. The van der Waals surface area contributed by atoms with Crippen LogP contribution in [0.5, 0.6) is 23.0 Å². The summed E-state index contributed by atoms with van der Waals surface area (Å²) in [6, 6.07) is 28.2. The number of hydrogen-bond acceptors (Lipinski definition) is 7. The molecule has 3 amide bonds. The number of hydrogen-bond donors (Lipinski definition) is 1. The van der Waals surface area contributed by atoms with Gasteiger partial charge in [-0.2, -0.15) is 0 Å². The van der Waals surface area contributed by atoms with Gasteiger partial charge in [0.05, 0.1) is 20.8 Å². The number of rotatable bonds is 10. The smallest absolute Gasteiger partial charge is 0.344 e. The van der Waals surface area contributed by atoms with E-state index in [-0.39, 0.29) is 26.0 Å². The molecule has 3 atom stereocenters. The number of benzene rings is 4. The summed E-state index contributed by atoms with van der Waals surface area (Å²) in [5.74, 6) is -0.769. The Morgan fingerprint density at radius 2 is 1.40 bits per heavy atom. The highest BCUT2D eigenvalue weighted by molar-refractivity contribution is 6.08. The lowest BCUT2D eigenvalue weighted by Gasteiger charge is -2.35. The fourth-order valence-corrected chi connectivity index (χ4v) is 6.79. The number of methoxy groups -OCH3 is 2. The number of amides is 3. The molecule has 0 radical (unpaired) electrons. The Balaban J connectivity index is 1.22. The lowest BCUT2D eigenvalue weighted by Crippen LogP contribution is -2.53. The van der Waals surface area contributed by atoms with Crippen molar-refractivity contribution in [3.63, 3.8) is 0 Å². The average Bonchev–Trinajstić information content (AvgIpc) is 3.76. The average molecular weight is 637 g/mol. The van der Waals surface area contributed by atoms with E-state index in [1.807, 2.05) is 48.5 Å². The molecule has 1 aliphatic carbocycles. The van der Waals surface area contributed by atoms with Crippen molar-refractivity contribution in [3.8, 4) is 23.0 Å². The van der Waals surface area contributed by atoms with E-state index in [2.05, 4.69) is 5.32 Å². The Bertz CT molecular complexity index is 1800. The Morgan fingerprint density at radius 3 is 1.98 bits per heavy atom. The Labute approximate surface area is 271 Å². The van der Waals surface area contributed by atoms with Crippen LogP contribution >= 0.6 is 0 Å². The number of nitrogens with one attached hydrogen (secondary N) is 1. The molecule has 1 N–H and O–H groups in total. The van der Waals surface area contributed by atoms with Crippen molar-refractivity contribution in [2.45, 2.75) is 43.1 Å². The van der Waals surface area contributed by atoms with Crippen LogP contribution in [0.1, 0.15) is 41.0 Å². The van der Waals surface area contributed by atoms with E-state index in [0.717, 1.165) is 16.0 Å². The van der Waals surface area contributed by atoms with Crippen LogP contribution in [0.15, 0.2) is 97.1 Å². The van der Waals surface area contributed by atoms with Gasteiger partial charge in [-0.1, -0.05) is 60.7 Å². The lowest BCUT2D eigenvalue weighted by molar-refractivity contribution is -0.154. The van der Waals surface area contributed by atoms with Gasteiger partial charge >= 0.3 is 12.0 Å². The van der Waals surface area contributed by atoms with Gasteiger partial charge in [-0.05, 0) is 53.9 Å². The molecule has 1 saturated carbocycles. The summed E-state index contributed by atoms with van der Waals surface area (Å²) in [7, 11) is 3.10. The van der Waals surface area contributed by atoms with E-state index in [9.17, 15) is 14.4 Å². The van der Waals surface area contributed by atoms with Gasteiger partial charge in [-0.3, -0.25) is 9.69 Å². The fraction of sp³-hybridized carbons (Fsp3) is 0.270. The van der Waals surface area contributed by atoms with Crippen LogP contribution < -0.4 is 19.5 Å². The van der Waals surface area contributed by atoms with E-state index in [4.69, 9.17) is 18.9 Å². The molecular formula is C37H33FN2O7. The number of carbonyl (C=O) groups is 3. The van der Waals surface area contributed by atoms with Crippen LogP contribution in [0.25, 0.3) is 0 Å². The molecule has 4 aromatic rings. The van der Waals surface area contributed by atoms with E-state index < -0.39 is 41.0 Å². The predicted molar refractivity (Wildman–Crippen MR) is 169 cm³/mol. The van der Waals surface area contributed by atoms with Crippen molar-refractivity contribution in [1.82, 2.24) is 10.2 Å². The number of carbonyl (C=O) groups excluding carboxylic acids is 3. The molecule has 7 rings (SSSR count). The van der Waals surface area contributed by atoms with Crippen molar-refractivity contribution in [2.24, 2.45) is 5.92 Å². The van der Waals surface area contributed by atoms with Gasteiger partial charge in [0.25, 0.3) is 5.91 Å². The maximum absolute atomic E-state index is 16.7. The molecule has 9 nitrogen and oxygen atoms in total. The molecule has 2 fully saturated rings. The molecule has 1 saturated heterocycles. The molecular weight excluding hydrogens is 603 g/mol. The standard InChI is InChI=1S/C37H33FN2O7/c1-44-25-15-11-23(12-16-25)21-40-33(41)37(39-35(40)43,19-29-27-7-3-5-9-30(27)47-31-10-6-4-8-28(29)31)32-20-36(32,38)34(42)46-22-24-13-17-26(45-2)18-14-24/h3-18,29,32H,19-22H2,1-2H3,(H,39,43)/t32-,36+,37-/m0/s1. The maximum atomic E-state index is 16.7. The molecule has 0 bridgehead atoms. The quantitative estimate of drug-likeness (QED) is 0.161. The number of para-hydroxylation sites is 2. The van der Waals surface area contributed by atoms with Crippen molar-refractivity contribution in [2.75, 3.05) is 14.2 Å². The van der Waals surface area contributed by atoms with Crippen LogP contribution in [0, 0.1) is 5.92 Å². The number of imide groups is 1. The van der Waals surface area contributed by atoms with Crippen molar-refractivity contribution in [1.29, 1.82) is 0 Å².